The van der Waals surface area contributed by atoms with Gasteiger partial charge in [-0.1, -0.05) is 45.1 Å². The van der Waals surface area contributed by atoms with Crippen LogP contribution in [0.1, 0.15) is 39.0 Å². The van der Waals surface area contributed by atoms with Gasteiger partial charge in [-0.15, -0.1) is 0 Å². The van der Waals surface area contributed by atoms with Gasteiger partial charge in [0.05, 0.1) is 9.68 Å². The zero-order valence-electron chi connectivity index (χ0n) is 6.53. The van der Waals surface area contributed by atoms with E-state index in [9.17, 15) is 0 Å². The molecule has 56 valence electrons. The molecule has 0 unspecified atom stereocenters. The molecule has 0 fully saturated rings. The van der Waals surface area contributed by atoms with E-state index in [4.69, 9.17) is 5.40 Å². The largest absolute Gasteiger partial charge is 0.356 e. The standard InChI is InChI=1S/C7H19NSi/c1-2-3-4-5-6-7-9-8/h2-9H2,1H3. The van der Waals surface area contributed by atoms with Crippen LogP contribution in [0.4, 0.5) is 0 Å². The van der Waals surface area contributed by atoms with Gasteiger partial charge in [-0.25, -0.2) is 0 Å². The molecule has 0 saturated carbocycles. The molecule has 1 nitrogen and oxygen atoms in total. The first-order valence-corrected chi connectivity index (χ1v) is 5.93. The van der Waals surface area contributed by atoms with E-state index in [1.54, 1.807) is 0 Å². The zero-order chi connectivity index (χ0) is 6.95. The van der Waals surface area contributed by atoms with E-state index in [1.807, 2.05) is 0 Å². The van der Waals surface area contributed by atoms with Crippen molar-refractivity contribution in [1.29, 1.82) is 0 Å². The Hall–Kier alpha value is 0.177. The number of rotatable bonds is 6. The van der Waals surface area contributed by atoms with Crippen LogP contribution in [0.5, 0.6) is 0 Å². The van der Waals surface area contributed by atoms with E-state index in [-0.39, 0.29) is 9.68 Å². The maximum absolute atomic E-state index is 5.48. The van der Waals surface area contributed by atoms with Crippen molar-refractivity contribution >= 4 is 9.68 Å². The lowest BCUT2D eigenvalue weighted by atomic mass is 10.2. The number of hydrogen-bond donors (Lipinski definition) is 1. The Balaban J connectivity index is 2.60. The highest BCUT2D eigenvalue weighted by Crippen LogP contribution is 2.03. The third-order valence-electron chi connectivity index (χ3n) is 1.56. The van der Waals surface area contributed by atoms with Crippen LogP contribution in [0.2, 0.25) is 6.04 Å². The van der Waals surface area contributed by atoms with Crippen LogP contribution < -0.4 is 5.40 Å². The molecule has 0 aromatic carbocycles. The SMILES string of the molecule is CCCCCCC[SiH2]N. The molecule has 0 bridgehead atoms. The van der Waals surface area contributed by atoms with E-state index in [1.165, 1.54) is 38.1 Å². The fourth-order valence-corrected chi connectivity index (χ4v) is 1.57. The van der Waals surface area contributed by atoms with Crippen molar-refractivity contribution in [2.24, 2.45) is 5.40 Å². The number of nitrogens with two attached hydrogens (primary N) is 1. The lowest BCUT2D eigenvalue weighted by molar-refractivity contribution is 0.655. The Morgan fingerprint density at radius 3 is 2.33 bits per heavy atom. The second kappa shape index (κ2) is 8.18. The lowest BCUT2D eigenvalue weighted by Crippen LogP contribution is -2.02. The van der Waals surface area contributed by atoms with Crippen molar-refractivity contribution < 1.29 is 0 Å². The molecule has 9 heavy (non-hydrogen) atoms. The van der Waals surface area contributed by atoms with Crippen molar-refractivity contribution in [3.63, 3.8) is 0 Å². The summed E-state index contributed by atoms with van der Waals surface area (Å²) in [5.74, 6) is 0. The molecule has 0 aromatic heterocycles. The summed E-state index contributed by atoms with van der Waals surface area (Å²) in [5.41, 5.74) is 0. The summed E-state index contributed by atoms with van der Waals surface area (Å²) in [4.78, 5) is 0. The monoisotopic (exact) mass is 145 g/mol. The quantitative estimate of drug-likeness (QED) is 0.444. The van der Waals surface area contributed by atoms with Crippen molar-refractivity contribution in [2.45, 2.75) is 45.1 Å². The molecule has 0 aliphatic heterocycles. The lowest BCUT2D eigenvalue weighted by Gasteiger charge is -1.95. The molecule has 0 aliphatic carbocycles. The molecule has 2 heteroatoms. The average Bonchev–Trinajstić information content (AvgIpc) is 1.89. The van der Waals surface area contributed by atoms with E-state index >= 15 is 0 Å². The third kappa shape index (κ3) is 8.18. The fraction of sp³-hybridized carbons (Fsp3) is 1.00. The number of hydrogen-bond acceptors (Lipinski definition) is 1. The van der Waals surface area contributed by atoms with Gasteiger partial charge in [0, 0.05) is 0 Å². The van der Waals surface area contributed by atoms with Crippen molar-refractivity contribution in [2.75, 3.05) is 0 Å². The Kier molecular flexibility index (Phi) is 8.34. The van der Waals surface area contributed by atoms with E-state index < -0.39 is 0 Å². The highest BCUT2D eigenvalue weighted by atomic mass is 28.2. The summed E-state index contributed by atoms with van der Waals surface area (Å²) in [7, 11) is -0.120. The molecule has 0 heterocycles. The summed E-state index contributed by atoms with van der Waals surface area (Å²) in [5, 5.41) is 5.48. The molecule has 0 aromatic rings. The molecule has 0 radical (unpaired) electrons. The maximum Gasteiger partial charge on any atom is 0.0887 e. The smallest absolute Gasteiger partial charge is 0.0887 e. The molecule has 0 spiro atoms. The molecule has 0 atom stereocenters. The van der Waals surface area contributed by atoms with Gasteiger partial charge in [0.1, 0.15) is 0 Å². The summed E-state index contributed by atoms with van der Waals surface area (Å²) in [6, 6.07) is 1.35. The van der Waals surface area contributed by atoms with Crippen molar-refractivity contribution in [1.82, 2.24) is 0 Å². The molecule has 0 rings (SSSR count). The van der Waals surface area contributed by atoms with Crippen LogP contribution in [0, 0.1) is 0 Å². The van der Waals surface area contributed by atoms with Gasteiger partial charge in [-0.2, -0.15) is 0 Å². The van der Waals surface area contributed by atoms with Crippen LogP contribution in [0.25, 0.3) is 0 Å². The highest BCUT2D eigenvalue weighted by Gasteiger charge is 1.86. The summed E-state index contributed by atoms with van der Waals surface area (Å²) in [6.07, 6.45) is 6.98. The third-order valence-corrected chi connectivity index (χ3v) is 2.47. The van der Waals surface area contributed by atoms with Gasteiger partial charge in [-0.3, -0.25) is 0 Å². The Bertz CT molecular complexity index is 42.2. The molecule has 0 saturated heterocycles. The molecular formula is C7H19NSi. The van der Waals surface area contributed by atoms with Crippen molar-refractivity contribution in [3.8, 4) is 0 Å². The predicted molar refractivity (Wildman–Crippen MR) is 46.3 cm³/mol. The van der Waals surface area contributed by atoms with Gasteiger partial charge in [-0.05, 0) is 0 Å². The zero-order valence-corrected chi connectivity index (χ0v) is 7.94. The average molecular weight is 145 g/mol. The minimum absolute atomic E-state index is 0.120. The van der Waals surface area contributed by atoms with Crippen LogP contribution in [0.15, 0.2) is 0 Å². The van der Waals surface area contributed by atoms with E-state index in [0.29, 0.717) is 0 Å². The van der Waals surface area contributed by atoms with Gasteiger partial charge in [0.25, 0.3) is 0 Å². The van der Waals surface area contributed by atoms with Gasteiger partial charge in [0.15, 0.2) is 0 Å². The number of unbranched alkanes of at least 4 members (excludes halogenated alkanes) is 4. The Labute approximate surface area is 60.9 Å². The highest BCUT2D eigenvalue weighted by molar-refractivity contribution is 6.30. The first-order chi connectivity index (χ1) is 4.41. The topological polar surface area (TPSA) is 26.0 Å². The van der Waals surface area contributed by atoms with Gasteiger partial charge >= 0.3 is 0 Å². The molecule has 2 N–H and O–H groups in total. The Morgan fingerprint density at radius 1 is 1.11 bits per heavy atom. The van der Waals surface area contributed by atoms with E-state index in [0.717, 1.165) is 0 Å². The molecule has 0 amide bonds. The fourth-order valence-electron chi connectivity index (χ4n) is 0.925. The summed E-state index contributed by atoms with van der Waals surface area (Å²) in [6.45, 7) is 2.25. The summed E-state index contributed by atoms with van der Waals surface area (Å²) >= 11 is 0. The molecular weight excluding hydrogens is 126 g/mol. The first kappa shape index (κ1) is 9.18. The predicted octanol–water partition coefficient (Wildman–Crippen LogP) is 1.42. The van der Waals surface area contributed by atoms with Gasteiger partial charge in [0.2, 0.25) is 0 Å². The van der Waals surface area contributed by atoms with E-state index in [2.05, 4.69) is 6.92 Å². The molecule has 0 aliphatic rings. The van der Waals surface area contributed by atoms with Gasteiger partial charge < -0.3 is 5.40 Å². The van der Waals surface area contributed by atoms with Crippen LogP contribution in [-0.2, 0) is 0 Å². The second-order valence-electron chi connectivity index (χ2n) is 2.56. The van der Waals surface area contributed by atoms with Crippen LogP contribution >= 0.6 is 0 Å². The van der Waals surface area contributed by atoms with Crippen molar-refractivity contribution in [3.05, 3.63) is 0 Å². The first-order valence-electron chi connectivity index (χ1n) is 4.12. The summed E-state index contributed by atoms with van der Waals surface area (Å²) < 4.78 is 0. The second-order valence-corrected chi connectivity index (χ2v) is 3.84. The normalized spacial score (nSPS) is 11.3. The van der Waals surface area contributed by atoms with Crippen LogP contribution in [0.3, 0.4) is 0 Å². The van der Waals surface area contributed by atoms with Crippen LogP contribution in [-0.4, -0.2) is 9.68 Å². The maximum atomic E-state index is 5.48. The Morgan fingerprint density at radius 2 is 1.78 bits per heavy atom. The minimum atomic E-state index is -0.120. The minimum Gasteiger partial charge on any atom is -0.356 e.